The molecule has 0 saturated heterocycles. The number of rotatable bonds is 4. The largest absolute Gasteiger partial charge is 0.433 e. The second-order valence-electron chi connectivity index (χ2n) is 5.32. The number of aromatic nitrogens is 4. The van der Waals surface area contributed by atoms with Crippen molar-refractivity contribution in [2.24, 2.45) is 0 Å². The van der Waals surface area contributed by atoms with E-state index in [1.54, 1.807) is 19.1 Å². The van der Waals surface area contributed by atoms with Crippen molar-refractivity contribution in [3.05, 3.63) is 60.0 Å². The van der Waals surface area contributed by atoms with Gasteiger partial charge in [0.15, 0.2) is 0 Å². The summed E-state index contributed by atoms with van der Waals surface area (Å²) in [5.41, 5.74) is -0.601. The first-order valence-electron chi connectivity index (χ1n) is 7.42. The molecular weight excluding hydrogens is 351 g/mol. The number of amides is 1. The molecule has 0 unspecified atom stereocenters. The van der Waals surface area contributed by atoms with Crippen LogP contribution in [0.4, 0.5) is 13.2 Å². The number of carbonyl (C=O) groups excluding carboxylic acids is 1. The van der Waals surface area contributed by atoms with Crippen LogP contribution in [0.2, 0.25) is 0 Å². The number of nitrogens with one attached hydrogen (secondary N) is 1. The van der Waals surface area contributed by atoms with Gasteiger partial charge in [0.05, 0.1) is 5.56 Å². The first kappa shape index (κ1) is 17.5. The van der Waals surface area contributed by atoms with Crippen LogP contribution in [-0.2, 0) is 6.18 Å². The molecule has 10 heteroatoms. The minimum absolute atomic E-state index is 0.0321. The van der Waals surface area contributed by atoms with Gasteiger partial charge in [-0.3, -0.25) is 14.8 Å². The van der Waals surface area contributed by atoms with E-state index in [-0.39, 0.29) is 17.3 Å². The van der Waals surface area contributed by atoms with Gasteiger partial charge in [-0.2, -0.15) is 18.2 Å². The third kappa shape index (κ3) is 3.85. The van der Waals surface area contributed by atoms with Crippen molar-refractivity contribution in [3.63, 3.8) is 0 Å². The molecular formula is C16H12F3N5O2. The maximum Gasteiger partial charge on any atom is 0.433 e. The van der Waals surface area contributed by atoms with Gasteiger partial charge in [-0.1, -0.05) is 5.16 Å². The van der Waals surface area contributed by atoms with Gasteiger partial charge in [0.2, 0.25) is 11.7 Å². The summed E-state index contributed by atoms with van der Waals surface area (Å²) < 4.78 is 43.3. The predicted molar refractivity (Wildman–Crippen MR) is 82.6 cm³/mol. The zero-order valence-corrected chi connectivity index (χ0v) is 13.4. The van der Waals surface area contributed by atoms with E-state index in [9.17, 15) is 18.0 Å². The molecule has 3 aromatic rings. The van der Waals surface area contributed by atoms with Crippen LogP contribution < -0.4 is 5.32 Å². The van der Waals surface area contributed by atoms with Gasteiger partial charge < -0.3 is 9.84 Å². The minimum Gasteiger partial charge on any atom is -0.340 e. The van der Waals surface area contributed by atoms with Crippen LogP contribution in [0.5, 0.6) is 0 Å². The molecule has 0 aliphatic rings. The molecule has 0 spiro atoms. The van der Waals surface area contributed by atoms with Gasteiger partial charge >= 0.3 is 6.18 Å². The molecule has 7 nitrogen and oxygen atoms in total. The lowest BCUT2D eigenvalue weighted by Crippen LogP contribution is -2.26. The quantitative estimate of drug-likeness (QED) is 0.766. The third-order valence-electron chi connectivity index (χ3n) is 3.39. The van der Waals surface area contributed by atoms with Crippen molar-refractivity contribution in [1.82, 2.24) is 25.4 Å². The Hall–Kier alpha value is -3.30. The zero-order valence-electron chi connectivity index (χ0n) is 13.4. The van der Waals surface area contributed by atoms with Crippen LogP contribution in [-0.4, -0.2) is 26.0 Å². The molecule has 3 heterocycles. The predicted octanol–water partition coefficient (Wildman–Crippen LogP) is 3.04. The SMILES string of the molecule is C[C@H](NC(=O)c1cccnc1)c1nc(-c2ccnc(C(F)(F)F)c2)no1. The highest BCUT2D eigenvalue weighted by molar-refractivity contribution is 5.93. The molecule has 0 bridgehead atoms. The number of pyridine rings is 2. The van der Waals surface area contributed by atoms with E-state index in [0.29, 0.717) is 5.56 Å². The number of hydrogen-bond donors (Lipinski definition) is 1. The molecule has 0 fully saturated rings. The van der Waals surface area contributed by atoms with Crippen molar-refractivity contribution in [3.8, 4) is 11.4 Å². The molecule has 26 heavy (non-hydrogen) atoms. The molecule has 1 atom stereocenters. The Morgan fingerprint density at radius 3 is 2.77 bits per heavy atom. The number of carbonyl (C=O) groups is 1. The van der Waals surface area contributed by atoms with Gasteiger partial charge in [-0.25, -0.2) is 0 Å². The zero-order chi connectivity index (χ0) is 18.7. The summed E-state index contributed by atoms with van der Waals surface area (Å²) in [4.78, 5) is 23.3. The third-order valence-corrected chi connectivity index (χ3v) is 3.39. The average Bonchev–Trinajstić information content (AvgIpc) is 3.12. The molecule has 0 aliphatic carbocycles. The molecule has 3 aromatic heterocycles. The van der Waals surface area contributed by atoms with Crippen LogP contribution in [0.15, 0.2) is 47.4 Å². The van der Waals surface area contributed by atoms with Gasteiger partial charge in [-0.05, 0) is 31.2 Å². The van der Waals surface area contributed by atoms with Crippen LogP contribution in [0.3, 0.4) is 0 Å². The van der Waals surface area contributed by atoms with Crippen LogP contribution in [0, 0.1) is 0 Å². The Morgan fingerprint density at radius 1 is 1.27 bits per heavy atom. The maximum atomic E-state index is 12.7. The Labute approximate surface area is 145 Å². The Kier molecular flexibility index (Phi) is 4.65. The van der Waals surface area contributed by atoms with Crippen molar-refractivity contribution >= 4 is 5.91 Å². The first-order chi connectivity index (χ1) is 12.3. The molecule has 1 N–H and O–H groups in total. The fraction of sp³-hybridized carbons (Fsp3) is 0.188. The fourth-order valence-electron chi connectivity index (χ4n) is 2.09. The highest BCUT2D eigenvalue weighted by Crippen LogP contribution is 2.29. The first-order valence-corrected chi connectivity index (χ1v) is 7.42. The number of nitrogens with zero attached hydrogens (tertiary/aromatic N) is 4. The topological polar surface area (TPSA) is 93.8 Å². The second-order valence-corrected chi connectivity index (χ2v) is 5.32. The normalized spacial score (nSPS) is 12.6. The van der Waals surface area contributed by atoms with Crippen LogP contribution in [0.1, 0.15) is 34.9 Å². The lowest BCUT2D eigenvalue weighted by molar-refractivity contribution is -0.141. The van der Waals surface area contributed by atoms with Crippen molar-refractivity contribution < 1.29 is 22.5 Å². The van der Waals surface area contributed by atoms with Crippen LogP contribution >= 0.6 is 0 Å². The molecule has 0 radical (unpaired) electrons. The number of hydrogen-bond acceptors (Lipinski definition) is 6. The van der Waals surface area contributed by atoms with Gasteiger partial charge in [0.25, 0.3) is 5.91 Å². The maximum absolute atomic E-state index is 12.7. The molecule has 0 saturated carbocycles. The highest BCUT2D eigenvalue weighted by Gasteiger charge is 2.33. The summed E-state index contributed by atoms with van der Waals surface area (Å²) in [6.45, 7) is 1.61. The van der Waals surface area contributed by atoms with E-state index in [2.05, 4.69) is 25.4 Å². The Morgan fingerprint density at radius 2 is 2.08 bits per heavy atom. The van der Waals surface area contributed by atoms with E-state index < -0.39 is 23.8 Å². The van der Waals surface area contributed by atoms with Gasteiger partial charge in [-0.15, -0.1) is 0 Å². The van der Waals surface area contributed by atoms with Crippen LogP contribution in [0.25, 0.3) is 11.4 Å². The van der Waals surface area contributed by atoms with E-state index in [0.717, 1.165) is 12.3 Å². The van der Waals surface area contributed by atoms with Gasteiger partial charge in [0, 0.05) is 24.2 Å². The molecule has 134 valence electrons. The Balaban J connectivity index is 1.76. The molecule has 3 rings (SSSR count). The van der Waals surface area contributed by atoms with Crippen molar-refractivity contribution in [2.75, 3.05) is 0 Å². The van der Waals surface area contributed by atoms with E-state index in [4.69, 9.17) is 4.52 Å². The van der Waals surface area contributed by atoms with E-state index >= 15 is 0 Å². The molecule has 0 aromatic carbocycles. The smallest absolute Gasteiger partial charge is 0.340 e. The lowest BCUT2D eigenvalue weighted by Gasteiger charge is -2.09. The second kappa shape index (κ2) is 6.90. The number of halogens is 3. The summed E-state index contributed by atoms with van der Waals surface area (Å²) in [7, 11) is 0. The monoisotopic (exact) mass is 363 g/mol. The standard InChI is InChI=1S/C16H12F3N5O2/c1-9(22-14(25)11-3-2-5-20-8-11)15-23-13(24-26-15)10-4-6-21-12(7-10)16(17,18)19/h2-9H,1H3,(H,22,25)/t9-/m0/s1. The van der Waals surface area contributed by atoms with Gasteiger partial charge in [0.1, 0.15) is 11.7 Å². The lowest BCUT2D eigenvalue weighted by atomic mass is 10.2. The summed E-state index contributed by atoms with van der Waals surface area (Å²) >= 11 is 0. The van der Waals surface area contributed by atoms with Crippen molar-refractivity contribution in [2.45, 2.75) is 19.1 Å². The molecule has 0 aliphatic heterocycles. The fourth-order valence-corrected chi connectivity index (χ4v) is 2.09. The summed E-state index contributed by atoms with van der Waals surface area (Å²) in [6.07, 6.45) is -0.624. The highest BCUT2D eigenvalue weighted by atomic mass is 19.4. The summed E-state index contributed by atoms with van der Waals surface area (Å²) in [6, 6.07) is 4.72. The van der Waals surface area contributed by atoms with E-state index in [1.165, 1.54) is 18.5 Å². The summed E-state index contributed by atoms with van der Waals surface area (Å²) in [5.74, 6) is -0.369. The number of alkyl halides is 3. The Bertz CT molecular complexity index is 912. The van der Waals surface area contributed by atoms with E-state index in [1.807, 2.05) is 0 Å². The average molecular weight is 363 g/mol. The summed E-state index contributed by atoms with van der Waals surface area (Å²) in [5, 5.41) is 6.31. The minimum atomic E-state index is -4.58. The van der Waals surface area contributed by atoms with Crippen molar-refractivity contribution in [1.29, 1.82) is 0 Å². The molecule has 1 amide bonds.